The summed E-state index contributed by atoms with van der Waals surface area (Å²) in [6.07, 6.45) is 0. The largest absolute Gasteiger partial charge is 0.368 e. The van der Waals surface area contributed by atoms with Crippen LogP contribution in [-0.2, 0) is 0 Å². The van der Waals surface area contributed by atoms with Crippen LogP contribution in [-0.4, -0.2) is 19.1 Å². The summed E-state index contributed by atoms with van der Waals surface area (Å²) >= 11 is 0. The number of anilines is 1. The fraction of sp³-hybridized carbons (Fsp3) is 0.500. The lowest BCUT2D eigenvalue weighted by atomic mass is 10.0. The quantitative estimate of drug-likeness (QED) is 0.795. The number of hydrogen-bond donors (Lipinski definition) is 1. The topological polar surface area (TPSA) is 29.3 Å². The fourth-order valence-corrected chi connectivity index (χ4v) is 1.25. The van der Waals surface area contributed by atoms with Gasteiger partial charge in [0.15, 0.2) is 0 Å². The fourth-order valence-electron chi connectivity index (χ4n) is 1.25. The number of nitrogens with zero attached hydrogens (tertiary/aromatic N) is 1. The van der Waals surface area contributed by atoms with Crippen molar-refractivity contribution in [3.63, 3.8) is 0 Å². The standard InChI is InChI=1S/C12H20N2/c1-10-5-7-11(8-6-10)14(4)12(2,3)9-13/h5-8H,9,13H2,1-4H3. The molecule has 0 bridgehead atoms. The Morgan fingerprint density at radius 2 is 1.71 bits per heavy atom. The van der Waals surface area contributed by atoms with E-state index in [0.29, 0.717) is 6.54 Å². The first-order valence-electron chi connectivity index (χ1n) is 4.98. The van der Waals surface area contributed by atoms with Crippen LogP contribution in [0.3, 0.4) is 0 Å². The Hall–Kier alpha value is -1.02. The highest BCUT2D eigenvalue weighted by Crippen LogP contribution is 2.21. The molecule has 0 radical (unpaired) electrons. The third-order valence-corrected chi connectivity index (χ3v) is 2.83. The third-order valence-electron chi connectivity index (χ3n) is 2.83. The van der Waals surface area contributed by atoms with E-state index in [1.807, 2.05) is 0 Å². The third kappa shape index (κ3) is 2.26. The molecule has 1 aromatic carbocycles. The molecular formula is C12H20N2. The Kier molecular flexibility index (Phi) is 3.17. The summed E-state index contributed by atoms with van der Waals surface area (Å²) in [7, 11) is 2.08. The molecule has 2 N–H and O–H groups in total. The smallest absolute Gasteiger partial charge is 0.0464 e. The van der Waals surface area contributed by atoms with Gasteiger partial charge in [-0.1, -0.05) is 17.7 Å². The highest BCUT2D eigenvalue weighted by molar-refractivity contribution is 5.49. The first-order valence-corrected chi connectivity index (χ1v) is 4.98. The van der Waals surface area contributed by atoms with Crippen molar-refractivity contribution in [3.05, 3.63) is 29.8 Å². The molecule has 78 valence electrons. The minimum atomic E-state index is 0.00918. The summed E-state index contributed by atoms with van der Waals surface area (Å²) in [4.78, 5) is 2.21. The van der Waals surface area contributed by atoms with E-state index in [1.54, 1.807) is 0 Å². The van der Waals surface area contributed by atoms with Crippen LogP contribution in [0, 0.1) is 6.92 Å². The van der Waals surface area contributed by atoms with E-state index >= 15 is 0 Å². The number of rotatable bonds is 3. The number of benzene rings is 1. The minimum Gasteiger partial charge on any atom is -0.368 e. The summed E-state index contributed by atoms with van der Waals surface area (Å²) in [5, 5.41) is 0. The molecule has 0 atom stereocenters. The van der Waals surface area contributed by atoms with Crippen molar-refractivity contribution in [2.24, 2.45) is 5.73 Å². The molecule has 0 amide bonds. The number of hydrogen-bond acceptors (Lipinski definition) is 2. The van der Waals surface area contributed by atoms with Crippen molar-refractivity contribution in [2.75, 3.05) is 18.5 Å². The van der Waals surface area contributed by atoms with Gasteiger partial charge in [-0.2, -0.15) is 0 Å². The predicted octanol–water partition coefficient (Wildman–Crippen LogP) is 2.17. The van der Waals surface area contributed by atoms with Crippen molar-refractivity contribution >= 4 is 5.69 Å². The molecule has 14 heavy (non-hydrogen) atoms. The van der Waals surface area contributed by atoms with Crippen LogP contribution in [0.25, 0.3) is 0 Å². The molecule has 1 aromatic rings. The highest BCUT2D eigenvalue weighted by Gasteiger charge is 2.21. The molecule has 0 saturated heterocycles. The van der Waals surface area contributed by atoms with Gasteiger partial charge in [0, 0.05) is 24.8 Å². The van der Waals surface area contributed by atoms with Gasteiger partial charge in [0.05, 0.1) is 0 Å². The summed E-state index contributed by atoms with van der Waals surface area (Å²) in [5.74, 6) is 0. The van der Waals surface area contributed by atoms with Crippen LogP contribution >= 0.6 is 0 Å². The molecule has 0 aliphatic carbocycles. The van der Waals surface area contributed by atoms with E-state index in [1.165, 1.54) is 11.3 Å². The normalized spacial score (nSPS) is 11.5. The van der Waals surface area contributed by atoms with E-state index in [9.17, 15) is 0 Å². The molecule has 0 fully saturated rings. The number of nitrogens with two attached hydrogens (primary N) is 1. The summed E-state index contributed by atoms with van der Waals surface area (Å²) in [6.45, 7) is 7.04. The second-order valence-electron chi connectivity index (χ2n) is 4.41. The van der Waals surface area contributed by atoms with Crippen LogP contribution in [0.1, 0.15) is 19.4 Å². The molecule has 0 heterocycles. The van der Waals surface area contributed by atoms with Crippen molar-refractivity contribution in [1.29, 1.82) is 0 Å². The Labute approximate surface area is 86.7 Å². The maximum atomic E-state index is 5.73. The van der Waals surface area contributed by atoms with E-state index in [0.717, 1.165) is 0 Å². The molecule has 0 unspecified atom stereocenters. The highest BCUT2D eigenvalue weighted by atomic mass is 15.2. The van der Waals surface area contributed by atoms with Crippen molar-refractivity contribution in [1.82, 2.24) is 0 Å². The molecule has 0 aliphatic rings. The van der Waals surface area contributed by atoms with Crippen molar-refractivity contribution in [2.45, 2.75) is 26.3 Å². The van der Waals surface area contributed by atoms with Crippen LogP contribution in [0.15, 0.2) is 24.3 Å². The molecule has 1 rings (SSSR count). The second kappa shape index (κ2) is 4.01. The minimum absolute atomic E-state index is 0.00918. The molecule has 2 nitrogen and oxygen atoms in total. The van der Waals surface area contributed by atoms with Gasteiger partial charge in [0.1, 0.15) is 0 Å². The van der Waals surface area contributed by atoms with Gasteiger partial charge in [-0.25, -0.2) is 0 Å². The van der Waals surface area contributed by atoms with E-state index < -0.39 is 0 Å². The maximum Gasteiger partial charge on any atom is 0.0464 e. The zero-order chi connectivity index (χ0) is 10.8. The van der Waals surface area contributed by atoms with Crippen LogP contribution in [0.5, 0.6) is 0 Å². The SMILES string of the molecule is Cc1ccc(N(C)C(C)(C)CN)cc1. The lowest BCUT2D eigenvalue weighted by Crippen LogP contribution is -2.47. The zero-order valence-electron chi connectivity index (χ0n) is 9.54. The molecule has 0 aromatic heterocycles. The Balaban J connectivity index is 2.89. The Morgan fingerprint density at radius 3 is 2.14 bits per heavy atom. The average molecular weight is 192 g/mol. The molecule has 0 saturated carbocycles. The van der Waals surface area contributed by atoms with Gasteiger partial charge < -0.3 is 10.6 Å². The van der Waals surface area contributed by atoms with Gasteiger partial charge in [-0.3, -0.25) is 0 Å². The van der Waals surface area contributed by atoms with Gasteiger partial charge in [-0.05, 0) is 32.9 Å². The Bertz CT molecular complexity index is 288. The monoisotopic (exact) mass is 192 g/mol. The summed E-state index contributed by atoms with van der Waals surface area (Å²) < 4.78 is 0. The first kappa shape index (κ1) is 11.1. The summed E-state index contributed by atoms with van der Waals surface area (Å²) in [5.41, 5.74) is 8.24. The molecular weight excluding hydrogens is 172 g/mol. The summed E-state index contributed by atoms with van der Waals surface area (Å²) in [6, 6.07) is 8.51. The van der Waals surface area contributed by atoms with Crippen LogP contribution in [0.2, 0.25) is 0 Å². The lowest BCUT2D eigenvalue weighted by Gasteiger charge is -2.36. The lowest BCUT2D eigenvalue weighted by molar-refractivity contribution is 0.498. The van der Waals surface area contributed by atoms with Gasteiger partial charge >= 0.3 is 0 Å². The second-order valence-corrected chi connectivity index (χ2v) is 4.41. The van der Waals surface area contributed by atoms with Gasteiger partial charge in [0.2, 0.25) is 0 Å². The number of likely N-dealkylation sites (N-methyl/N-ethyl adjacent to an activating group) is 1. The Morgan fingerprint density at radius 1 is 1.21 bits per heavy atom. The van der Waals surface area contributed by atoms with Crippen LogP contribution < -0.4 is 10.6 Å². The maximum absolute atomic E-state index is 5.73. The van der Waals surface area contributed by atoms with Crippen molar-refractivity contribution < 1.29 is 0 Å². The predicted molar refractivity (Wildman–Crippen MR) is 62.7 cm³/mol. The first-order chi connectivity index (χ1) is 6.47. The molecule has 2 heteroatoms. The molecule has 0 spiro atoms. The van der Waals surface area contributed by atoms with Gasteiger partial charge in [-0.15, -0.1) is 0 Å². The van der Waals surface area contributed by atoms with Gasteiger partial charge in [0.25, 0.3) is 0 Å². The number of aryl methyl sites for hydroxylation is 1. The van der Waals surface area contributed by atoms with Crippen molar-refractivity contribution in [3.8, 4) is 0 Å². The zero-order valence-corrected chi connectivity index (χ0v) is 9.54. The van der Waals surface area contributed by atoms with Crippen LogP contribution in [0.4, 0.5) is 5.69 Å². The van der Waals surface area contributed by atoms with E-state index in [2.05, 4.69) is 57.0 Å². The van der Waals surface area contributed by atoms with E-state index in [-0.39, 0.29) is 5.54 Å². The van der Waals surface area contributed by atoms with E-state index in [4.69, 9.17) is 5.73 Å². The molecule has 0 aliphatic heterocycles. The average Bonchev–Trinajstić information content (AvgIpc) is 2.18.